The van der Waals surface area contributed by atoms with E-state index in [4.69, 9.17) is 33.7 Å². The maximum atomic E-state index is 5.97. The van der Waals surface area contributed by atoms with E-state index in [0.717, 1.165) is 24.9 Å². The van der Waals surface area contributed by atoms with Crippen LogP contribution < -0.4 is 11.1 Å². The number of halogens is 2. The predicted molar refractivity (Wildman–Crippen MR) is 71.5 cm³/mol. The third-order valence-corrected chi connectivity index (χ3v) is 3.79. The van der Waals surface area contributed by atoms with Crippen molar-refractivity contribution in [2.45, 2.75) is 31.5 Å². The number of nitrogen functional groups attached to an aromatic ring is 1. The number of hydrogen-bond donors (Lipinski definition) is 2. The van der Waals surface area contributed by atoms with Gasteiger partial charge in [-0.1, -0.05) is 23.2 Å². The summed E-state index contributed by atoms with van der Waals surface area (Å²) >= 11 is 11.9. The van der Waals surface area contributed by atoms with Gasteiger partial charge in [0.2, 0.25) is 0 Å². The highest BCUT2D eigenvalue weighted by Crippen LogP contribution is 2.29. The number of hydrogen-bond acceptors (Lipinski definition) is 3. The normalized spacial score (nSPS) is 23.5. The first-order valence-corrected chi connectivity index (χ1v) is 6.35. The molecule has 0 spiro atoms. The van der Waals surface area contributed by atoms with Crippen LogP contribution in [0, 0.1) is 0 Å². The van der Waals surface area contributed by atoms with Gasteiger partial charge in [-0.05, 0) is 30.5 Å². The monoisotopic (exact) mass is 274 g/mol. The Bertz CT molecular complexity index is 382. The summed E-state index contributed by atoms with van der Waals surface area (Å²) in [5.41, 5.74) is 7.18. The highest BCUT2D eigenvalue weighted by atomic mass is 35.5. The molecule has 0 bridgehead atoms. The van der Waals surface area contributed by atoms with Gasteiger partial charge in [0.1, 0.15) is 0 Å². The van der Waals surface area contributed by atoms with Crippen LogP contribution in [0.4, 0.5) is 5.69 Å². The summed E-state index contributed by atoms with van der Waals surface area (Å²) in [4.78, 5) is 0. The van der Waals surface area contributed by atoms with Crippen LogP contribution in [0.2, 0.25) is 10.0 Å². The molecule has 0 unspecified atom stereocenters. The molecule has 5 heteroatoms. The number of nitrogens with one attached hydrogen (secondary N) is 1. The van der Waals surface area contributed by atoms with Gasteiger partial charge in [0.15, 0.2) is 0 Å². The zero-order chi connectivity index (χ0) is 12.4. The summed E-state index contributed by atoms with van der Waals surface area (Å²) in [5.74, 6) is 0. The standard InChI is InChI=1S/C12H16Cl2N2O/c1-17-9-4-8(5-9)16-6-7-2-10(13)12(15)11(14)3-7/h2-3,8-9,16H,4-6,15H2,1H3. The molecule has 0 atom stereocenters. The summed E-state index contributed by atoms with van der Waals surface area (Å²) in [6.07, 6.45) is 2.53. The van der Waals surface area contributed by atoms with Crippen molar-refractivity contribution in [3.63, 3.8) is 0 Å². The fourth-order valence-electron chi connectivity index (χ4n) is 1.93. The Kier molecular flexibility index (Phi) is 4.15. The fourth-order valence-corrected chi connectivity index (χ4v) is 2.46. The fraction of sp³-hybridized carbons (Fsp3) is 0.500. The second-order valence-electron chi connectivity index (χ2n) is 4.38. The van der Waals surface area contributed by atoms with E-state index < -0.39 is 0 Å². The Morgan fingerprint density at radius 2 is 1.94 bits per heavy atom. The van der Waals surface area contributed by atoms with Gasteiger partial charge in [-0.15, -0.1) is 0 Å². The van der Waals surface area contributed by atoms with Crippen LogP contribution in [0.3, 0.4) is 0 Å². The van der Waals surface area contributed by atoms with Crippen LogP contribution in [-0.4, -0.2) is 19.3 Å². The van der Waals surface area contributed by atoms with Gasteiger partial charge in [-0.3, -0.25) is 0 Å². The summed E-state index contributed by atoms with van der Waals surface area (Å²) < 4.78 is 5.22. The minimum absolute atomic E-state index is 0.408. The van der Waals surface area contributed by atoms with Gasteiger partial charge in [-0.2, -0.15) is 0 Å². The zero-order valence-electron chi connectivity index (χ0n) is 9.67. The van der Waals surface area contributed by atoms with Crippen LogP contribution in [0.15, 0.2) is 12.1 Å². The molecule has 0 aliphatic heterocycles. The molecule has 0 amide bonds. The van der Waals surface area contributed by atoms with E-state index in [1.807, 2.05) is 12.1 Å². The number of benzene rings is 1. The average molecular weight is 275 g/mol. The van der Waals surface area contributed by atoms with Crippen molar-refractivity contribution < 1.29 is 4.74 Å². The molecule has 1 fully saturated rings. The van der Waals surface area contributed by atoms with Gasteiger partial charge in [0.25, 0.3) is 0 Å². The third-order valence-electron chi connectivity index (χ3n) is 3.16. The van der Waals surface area contributed by atoms with Gasteiger partial charge in [0.05, 0.1) is 21.8 Å². The van der Waals surface area contributed by atoms with Crippen molar-refractivity contribution in [1.29, 1.82) is 0 Å². The molecule has 1 aromatic rings. The average Bonchev–Trinajstić information content (AvgIpc) is 2.24. The quantitative estimate of drug-likeness (QED) is 0.831. The zero-order valence-corrected chi connectivity index (χ0v) is 11.2. The molecule has 17 heavy (non-hydrogen) atoms. The topological polar surface area (TPSA) is 47.3 Å². The van der Waals surface area contributed by atoms with Crippen LogP contribution >= 0.6 is 23.2 Å². The molecule has 3 nitrogen and oxygen atoms in total. The molecule has 0 heterocycles. The molecule has 0 aromatic heterocycles. The molecule has 0 radical (unpaired) electrons. The Morgan fingerprint density at radius 1 is 1.35 bits per heavy atom. The SMILES string of the molecule is COC1CC(NCc2cc(Cl)c(N)c(Cl)c2)C1. The van der Waals surface area contributed by atoms with E-state index in [1.165, 1.54) is 0 Å². The highest BCUT2D eigenvalue weighted by molar-refractivity contribution is 6.38. The van der Waals surface area contributed by atoms with E-state index in [9.17, 15) is 0 Å². The minimum Gasteiger partial charge on any atom is -0.396 e. The number of rotatable bonds is 4. The smallest absolute Gasteiger partial charge is 0.0693 e. The van der Waals surface area contributed by atoms with Crippen molar-refractivity contribution in [2.24, 2.45) is 0 Å². The van der Waals surface area contributed by atoms with Gasteiger partial charge < -0.3 is 15.8 Å². The van der Waals surface area contributed by atoms with Crippen LogP contribution in [0.25, 0.3) is 0 Å². The van der Waals surface area contributed by atoms with Crippen LogP contribution in [0.5, 0.6) is 0 Å². The molecule has 1 aliphatic rings. The maximum absolute atomic E-state index is 5.97. The molecular weight excluding hydrogens is 259 g/mol. The second kappa shape index (κ2) is 5.44. The van der Waals surface area contributed by atoms with Crippen molar-refractivity contribution in [3.8, 4) is 0 Å². The summed E-state index contributed by atoms with van der Waals surface area (Å²) in [6, 6.07) is 4.22. The lowest BCUT2D eigenvalue weighted by Crippen LogP contribution is -2.44. The molecule has 1 aromatic carbocycles. The predicted octanol–water partition coefficient (Wildman–Crippen LogP) is 2.84. The Hall–Kier alpha value is -0.480. The molecule has 94 valence electrons. The van der Waals surface area contributed by atoms with Gasteiger partial charge in [0, 0.05) is 19.7 Å². The lowest BCUT2D eigenvalue weighted by molar-refractivity contribution is 0.0170. The summed E-state index contributed by atoms with van der Waals surface area (Å²) in [5, 5.41) is 4.46. The highest BCUT2D eigenvalue weighted by Gasteiger charge is 2.28. The van der Waals surface area contributed by atoms with E-state index in [2.05, 4.69) is 5.32 Å². The van der Waals surface area contributed by atoms with Crippen LogP contribution in [0.1, 0.15) is 18.4 Å². The van der Waals surface area contributed by atoms with E-state index in [-0.39, 0.29) is 0 Å². The van der Waals surface area contributed by atoms with E-state index >= 15 is 0 Å². The van der Waals surface area contributed by atoms with Crippen molar-refractivity contribution in [3.05, 3.63) is 27.7 Å². The van der Waals surface area contributed by atoms with E-state index in [1.54, 1.807) is 7.11 Å². The van der Waals surface area contributed by atoms with Gasteiger partial charge in [-0.25, -0.2) is 0 Å². The van der Waals surface area contributed by atoms with Gasteiger partial charge >= 0.3 is 0 Å². The largest absolute Gasteiger partial charge is 0.396 e. The first-order chi connectivity index (χ1) is 8.10. The number of nitrogens with two attached hydrogens (primary N) is 1. The minimum atomic E-state index is 0.408. The first kappa shape index (κ1) is 13.0. The Balaban J connectivity index is 1.88. The summed E-state index contributed by atoms with van der Waals surface area (Å²) in [7, 11) is 1.75. The second-order valence-corrected chi connectivity index (χ2v) is 5.19. The lowest BCUT2D eigenvalue weighted by atomic mass is 9.89. The number of anilines is 1. The first-order valence-electron chi connectivity index (χ1n) is 5.59. The van der Waals surface area contributed by atoms with Crippen molar-refractivity contribution in [1.82, 2.24) is 5.32 Å². The molecule has 1 saturated carbocycles. The maximum Gasteiger partial charge on any atom is 0.0693 e. The molecule has 3 N–H and O–H groups in total. The number of methoxy groups -OCH3 is 1. The Labute approximate surface area is 111 Å². The van der Waals surface area contributed by atoms with E-state index in [0.29, 0.717) is 27.9 Å². The summed E-state index contributed by atoms with van der Waals surface area (Å²) in [6.45, 7) is 0.751. The molecular formula is C12H16Cl2N2O. The van der Waals surface area contributed by atoms with Crippen molar-refractivity contribution >= 4 is 28.9 Å². The molecule has 2 rings (SSSR count). The molecule has 1 aliphatic carbocycles. The van der Waals surface area contributed by atoms with Crippen LogP contribution in [-0.2, 0) is 11.3 Å². The number of ether oxygens (including phenoxy) is 1. The molecule has 0 saturated heterocycles. The Morgan fingerprint density at radius 3 is 2.47 bits per heavy atom. The lowest BCUT2D eigenvalue weighted by Gasteiger charge is -2.34. The third kappa shape index (κ3) is 3.05. The van der Waals surface area contributed by atoms with Crippen molar-refractivity contribution in [2.75, 3.05) is 12.8 Å².